The molecule has 1 rings (SSSR count). The molecule has 0 spiro atoms. The van der Waals surface area contributed by atoms with Crippen molar-refractivity contribution >= 4 is 27.7 Å². The Morgan fingerprint density at radius 3 is 2.35 bits per heavy atom. The van der Waals surface area contributed by atoms with Crippen LogP contribution in [0.2, 0.25) is 0 Å². The molecular weight excluding hydrogens is 284 g/mol. The van der Waals surface area contributed by atoms with E-state index in [0.29, 0.717) is 0 Å². The van der Waals surface area contributed by atoms with Gasteiger partial charge in [-0.2, -0.15) is 0 Å². The molecule has 0 aliphatic carbocycles. The van der Waals surface area contributed by atoms with Gasteiger partial charge in [0.2, 0.25) is 5.78 Å². The van der Waals surface area contributed by atoms with Crippen molar-refractivity contribution in [1.82, 2.24) is 0 Å². The van der Waals surface area contributed by atoms with E-state index in [1.165, 1.54) is 7.11 Å². The highest BCUT2D eigenvalue weighted by Gasteiger charge is 2.20. The monoisotopic (exact) mass is 298 g/mol. The van der Waals surface area contributed by atoms with E-state index in [2.05, 4.69) is 20.7 Å². The molecule has 0 bridgehead atoms. The van der Waals surface area contributed by atoms with Crippen molar-refractivity contribution in [2.75, 3.05) is 7.11 Å². The van der Waals surface area contributed by atoms with Crippen LogP contribution in [0.5, 0.6) is 0 Å². The van der Waals surface area contributed by atoms with E-state index in [1.807, 2.05) is 31.2 Å². The van der Waals surface area contributed by atoms with Crippen molar-refractivity contribution in [2.45, 2.75) is 25.7 Å². The van der Waals surface area contributed by atoms with E-state index in [1.54, 1.807) is 0 Å². The first kappa shape index (κ1) is 13.9. The SMILES string of the molecule is CCC(CC(=O)C(=O)OC)c1ccc(Br)cc1. The first-order valence-electron chi connectivity index (χ1n) is 5.45. The average molecular weight is 299 g/mol. The number of esters is 1. The maximum absolute atomic E-state index is 11.5. The summed E-state index contributed by atoms with van der Waals surface area (Å²) in [6.07, 6.45) is 1.01. The van der Waals surface area contributed by atoms with Crippen LogP contribution in [0, 0.1) is 0 Å². The normalized spacial score (nSPS) is 11.9. The Hall–Kier alpha value is -1.16. The quantitative estimate of drug-likeness (QED) is 0.620. The minimum Gasteiger partial charge on any atom is -0.463 e. The highest BCUT2D eigenvalue weighted by molar-refractivity contribution is 9.10. The molecule has 1 aromatic rings. The number of carbonyl (C=O) groups excluding carboxylic acids is 2. The zero-order valence-corrected chi connectivity index (χ0v) is 11.5. The van der Waals surface area contributed by atoms with Gasteiger partial charge in [0.05, 0.1) is 7.11 Å². The smallest absolute Gasteiger partial charge is 0.374 e. The van der Waals surface area contributed by atoms with Gasteiger partial charge in [-0.15, -0.1) is 0 Å². The van der Waals surface area contributed by atoms with E-state index < -0.39 is 11.8 Å². The van der Waals surface area contributed by atoms with Crippen LogP contribution in [0.1, 0.15) is 31.2 Å². The Morgan fingerprint density at radius 1 is 1.29 bits per heavy atom. The Bertz CT molecular complexity index is 398. The molecule has 0 heterocycles. The highest BCUT2D eigenvalue weighted by atomic mass is 79.9. The zero-order valence-electron chi connectivity index (χ0n) is 9.90. The molecule has 0 aliphatic heterocycles. The topological polar surface area (TPSA) is 43.4 Å². The summed E-state index contributed by atoms with van der Waals surface area (Å²) in [4.78, 5) is 22.6. The summed E-state index contributed by atoms with van der Waals surface area (Å²) in [5, 5.41) is 0. The molecule has 3 nitrogen and oxygen atoms in total. The molecule has 0 fully saturated rings. The van der Waals surface area contributed by atoms with Crippen molar-refractivity contribution in [3.8, 4) is 0 Å². The van der Waals surface area contributed by atoms with Crippen LogP contribution in [0.15, 0.2) is 28.7 Å². The predicted molar refractivity (Wildman–Crippen MR) is 68.8 cm³/mol. The minimum absolute atomic E-state index is 0.0645. The Kier molecular flexibility index (Phi) is 5.35. The maximum Gasteiger partial charge on any atom is 0.374 e. The second kappa shape index (κ2) is 6.55. The van der Waals surface area contributed by atoms with Gasteiger partial charge in [-0.1, -0.05) is 35.0 Å². The number of ketones is 1. The molecule has 0 aromatic heterocycles. The third kappa shape index (κ3) is 3.97. The van der Waals surface area contributed by atoms with Crippen LogP contribution in [0.25, 0.3) is 0 Å². The van der Waals surface area contributed by atoms with Crippen molar-refractivity contribution < 1.29 is 14.3 Å². The van der Waals surface area contributed by atoms with Gasteiger partial charge in [0, 0.05) is 10.9 Å². The number of benzene rings is 1. The summed E-state index contributed by atoms with van der Waals surface area (Å²) in [7, 11) is 1.22. The van der Waals surface area contributed by atoms with Gasteiger partial charge in [0.1, 0.15) is 0 Å². The van der Waals surface area contributed by atoms with Crippen LogP contribution < -0.4 is 0 Å². The third-order valence-electron chi connectivity index (χ3n) is 2.68. The molecule has 0 N–H and O–H groups in total. The van der Waals surface area contributed by atoms with Gasteiger partial charge in [0.25, 0.3) is 0 Å². The molecule has 0 amide bonds. The van der Waals surface area contributed by atoms with E-state index in [4.69, 9.17) is 0 Å². The molecule has 4 heteroatoms. The van der Waals surface area contributed by atoms with E-state index in [9.17, 15) is 9.59 Å². The summed E-state index contributed by atoms with van der Waals surface area (Å²) >= 11 is 3.36. The molecule has 0 saturated heterocycles. The fraction of sp³-hybridized carbons (Fsp3) is 0.385. The average Bonchev–Trinajstić information content (AvgIpc) is 2.35. The summed E-state index contributed by atoms with van der Waals surface area (Å²) in [6, 6.07) is 7.78. The van der Waals surface area contributed by atoms with Crippen LogP contribution in [0.3, 0.4) is 0 Å². The van der Waals surface area contributed by atoms with Gasteiger partial charge in [0.15, 0.2) is 0 Å². The number of Topliss-reactive ketones (excluding diaryl/α,β-unsaturated/α-hetero) is 1. The lowest BCUT2D eigenvalue weighted by molar-refractivity contribution is -0.151. The van der Waals surface area contributed by atoms with Crippen LogP contribution in [-0.4, -0.2) is 18.9 Å². The van der Waals surface area contributed by atoms with Crippen molar-refractivity contribution in [2.24, 2.45) is 0 Å². The van der Waals surface area contributed by atoms with Crippen molar-refractivity contribution in [1.29, 1.82) is 0 Å². The molecule has 17 heavy (non-hydrogen) atoms. The Labute approximate surface area is 109 Å². The molecule has 0 radical (unpaired) electrons. The first-order valence-corrected chi connectivity index (χ1v) is 6.24. The molecular formula is C13H15BrO3. The molecule has 92 valence electrons. The summed E-state index contributed by atoms with van der Waals surface area (Å²) in [5.41, 5.74) is 1.06. The molecule has 1 aromatic carbocycles. The van der Waals surface area contributed by atoms with Gasteiger partial charge < -0.3 is 4.74 Å². The number of rotatable bonds is 5. The van der Waals surface area contributed by atoms with Gasteiger partial charge >= 0.3 is 5.97 Å². The zero-order chi connectivity index (χ0) is 12.8. The number of halogens is 1. The fourth-order valence-electron chi connectivity index (χ4n) is 1.65. The number of carbonyl (C=O) groups is 2. The van der Waals surface area contributed by atoms with Gasteiger partial charge in [-0.3, -0.25) is 4.79 Å². The number of ether oxygens (including phenoxy) is 1. The first-order chi connectivity index (χ1) is 8.08. The van der Waals surface area contributed by atoms with Gasteiger partial charge in [-0.05, 0) is 30.0 Å². The van der Waals surface area contributed by atoms with Crippen LogP contribution in [-0.2, 0) is 14.3 Å². The minimum atomic E-state index is -0.763. The van der Waals surface area contributed by atoms with Crippen LogP contribution >= 0.6 is 15.9 Å². The standard InChI is InChI=1S/C13H15BrO3/c1-3-9(8-12(15)13(16)17-2)10-4-6-11(14)7-5-10/h4-7,9H,3,8H2,1-2H3. The lowest BCUT2D eigenvalue weighted by Crippen LogP contribution is -2.18. The number of hydrogen-bond acceptors (Lipinski definition) is 3. The van der Waals surface area contributed by atoms with Crippen molar-refractivity contribution in [3.05, 3.63) is 34.3 Å². The number of hydrogen-bond donors (Lipinski definition) is 0. The molecule has 0 aliphatic rings. The predicted octanol–water partition coefficient (Wildman–Crippen LogP) is 3.07. The highest BCUT2D eigenvalue weighted by Crippen LogP contribution is 2.25. The Morgan fingerprint density at radius 2 is 1.88 bits per heavy atom. The van der Waals surface area contributed by atoms with Crippen molar-refractivity contribution in [3.63, 3.8) is 0 Å². The fourth-order valence-corrected chi connectivity index (χ4v) is 1.92. The summed E-state index contributed by atoms with van der Waals surface area (Å²) in [6.45, 7) is 2.00. The Balaban J connectivity index is 2.75. The van der Waals surface area contributed by atoms with Gasteiger partial charge in [-0.25, -0.2) is 4.79 Å². The lowest BCUT2D eigenvalue weighted by atomic mass is 9.91. The summed E-state index contributed by atoms with van der Waals surface area (Å²) in [5.74, 6) is -1.17. The van der Waals surface area contributed by atoms with Crippen LogP contribution in [0.4, 0.5) is 0 Å². The van der Waals surface area contributed by atoms with E-state index in [0.717, 1.165) is 16.5 Å². The second-order valence-corrected chi connectivity index (χ2v) is 4.69. The summed E-state index contributed by atoms with van der Waals surface area (Å²) < 4.78 is 5.41. The largest absolute Gasteiger partial charge is 0.463 e. The number of methoxy groups -OCH3 is 1. The molecule has 1 atom stereocenters. The lowest BCUT2D eigenvalue weighted by Gasteiger charge is -2.13. The van der Waals surface area contributed by atoms with E-state index in [-0.39, 0.29) is 12.3 Å². The molecule has 1 unspecified atom stereocenters. The maximum atomic E-state index is 11.5. The third-order valence-corrected chi connectivity index (χ3v) is 3.21. The molecule has 0 saturated carbocycles. The second-order valence-electron chi connectivity index (χ2n) is 3.78. The van der Waals surface area contributed by atoms with E-state index >= 15 is 0 Å².